The van der Waals surface area contributed by atoms with Gasteiger partial charge in [0.05, 0.1) is 27.4 Å². The molecule has 130 valence electrons. The van der Waals surface area contributed by atoms with Crippen LogP contribution in [0.5, 0.6) is 11.5 Å². The zero-order chi connectivity index (χ0) is 16.9. The molecule has 23 heavy (non-hydrogen) atoms. The van der Waals surface area contributed by atoms with Crippen molar-refractivity contribution in [3.05, 3.63) is 17.7 Å². The minimum absolute atomic E-state index is 0.125. The van der Waals surface area contributed by atoms with Crippen molar-refractivity contribution in [1.82, 2.24) is 9.62 Å². The second-order valence-corrected chi connectivity index (χ2v) is 7.01. The largest absolute Gasteiger partial charge is 0.496 e. The van der Waals surface area contributed by atoms with Gasteiger partial charge in [0.2, 0.25) is 10.0 Å². The zero-order valence-corrected chi connectivity index (χ0v) is 14.6. The van der Waals surface area contributed by atoms with Gasteiger partial charge >= 0.3 is 0 Å². The summed E-state index contributed by atoms with van der Waals surface area (Å²) in [5.41, 5.74) is 0.658. The van der Waals surface area contributed by atoms with E-state index in [1.165, 1.54) is 20.3 Å². The van der Waals surface area contributed by atoms with Crippen LogP contribution in [0.3, 0.4) is 0 Å². The monoisotopic (exact) mass is 344 g/mol. The number of hydrogen-bond donors (Lipinski definition) is 1. The van der Waals surface area contributed by atoms with Gasteiger partial charge in [-0.05, 0) is 19.1 Å². The van der Waals surface area contributed by atoms with Crippen LogP contribution in [-0.2, 0) is 14.8 Å². The van der Waals surface area contributed by atoms with E-state index >= 15 is 0 Å². The summed E-state index contributed by atoms with van der Waals surface area (Å²) >= 11 is 0. The third-order valence-electron chi connectivity index (χ3n) is 3.86. The molecule has 1 saturated heterocycles. The minimum Gasteiger partial charge on any atom is -0.496 e. The zero-order valence-electron chi connectivity index (χ0n) is 13.8. The third-order valence-corrected chi connectivity index (χ3v) is 5.34. The second kappa shape index (κ2) is 7.96. The molecule has 1 aromatic carbocycles. The molecule has 2 rings (SSSR count). The van der Waals surface area contributed by atoms with E-state index in [2.05, 4.69) is 9.62 Å². The first kappa shape index (κ1) is 18.0. The van der Waals surface area contributed by atoms with Gasteiger partial charge in [-0.3, -0.25) is 4.90 Å². The van der Waals surface area contributed by atoms with E-state index in [1.807, 2.05) is 0 Å². The Bertz CT molecular complexity index is 627. The van der Waals surface area contributed by atoms with Gasteiger partial charge in [0.25, 0.3) is 0 Å². The maximum atomic E-state index is 12.5. The maximum Gasteiger partial charge on any atom is 0.244 e. The van der Waals surface area contributed by atoms with E-state index in [4.69, 9.17) is 14.2 Å². The predicted octanol–water partition coefficient (Wildman–Crippen LogP) is 0.623. The SMILES string of the molecule is COc1ccc(S(=O)(=O)NCCN2CCOCC2)c(OC)c1C. The van der Waals surface area contributed by atoms with E-state index in [9.17, 15) is 8.42 Å². The van der Waals surface area contributed by atoms with Crippen molar-refractivity contribution >= 4 is 10.0 Å². The quantitative estimate of drug-likeness (QED) is 0.781. The lowest BCUT2D eigenvalue weighted by Gasteiger charge is -2.26. The minimum atomic E-state index is -3.64. The number of ether oxygens (including phenoxy) is 3. The van der Waals surface area contributed by atoms with Crippen LogP contribution < -0.4 is 14.2 Å². The Balaban J connectivity index is 2.08. The molecule has 1 aliphatic heterocycles. The average molecular weight is 344 g/mol. The van der Waals surface area contributed by atoms with Crippen LogP contribution in [0.4, 0.5) is 0 Å². The number of methoxy groups -OCH3 is 2. The summed E-state index contributed by atoms with van der Waals surface area (Å²) in [6.45, 7) is 5.80. The van der Waals surface area contributed by atoms with Gasteiger partial charge in [0, 0.05) is 31.7 Å². The molecule has 8 heteroatoms. The smallest absolute Gasteiger partial charge is 0.244 e. The summed E-state index contributed by atoms with van der Waals surface area (Å²) in [5, 5.41) is 0. The molecule has 0 saturated carbocycles. The van der Waals surface area contributed by atoms with Crippen LogP contribution in [0.1, 0.15) is 5.56 Å². The molecule has 1 fully saturated rings. The van der Waals surface area contributed by atoms with E-state index in [-0.39, 0.29) is 4.90 Å². The fourth-order valence-electron chi connectivity index (χ4n) is 2.58. The highest BCUT2D eigenvalue weighted by Crippen LogP contribution is 2.33. The first-order chi connectivity index (χ1) is 11.0. The molecule has 0 aliphatic carbocycles. The van der Waals surface area contributed by atoms with Crippen molar-refractivity contribution in [3.63, 3.8) is 0 Å². The Morgan fingerprint density at radius 2 is 1.91 bits per heavy atom. The van der Waals surface area contributed by atoms with E-state index in [0.29, 0.717) is 43.4 Å². The number of hydrogen-bond acceptors (Lipinski definition) is 6. The molecule has 1 aliphatic rings. The Kier molecular flexibility index (Phi) is 6.23. The molecule has 0 amide bonds. The lowest BCUT2D eigenvalue weighted by Crippen LogP contribution is -2.41. The molecule has 1 N–H and O–H groups in total. The number of nitrogens with one attached hydrogen (secondary N) is 1. The summed E-state index contributed by atoms with van der Waals surface area (Å²) in [6, 6.07) is 3.14. The fourth-order valence-corrected chi connectivity index (χ4v) is 3.82. The van der Waals surface area contributed by atoms with Gasteiger partial charge in [-0.15, -0.1) is 0 Å². The van der Waals surface area contributed by atoms with Crippen LogP contribution >= 0.6 is 0 Å². The van der Waals surface area contributed by atoms with Gasteiger partial charge in [0.1, 0.15) is 16.4 Å². The highest BCUT2D eigenvalue weighted by atomic mass is 32.2. The van der Waals surface area contributed by atoms with Crippen LogP contribution in [0.25, 0.3) is 0 Å². The van der Waals surface area contributed by atoms with Gasteiger partial charge in [-0.1, -0.05) is 0 Å². The average Bonchev–Trinajstić information content (AvgIpc) is 2.55. The van der Waals surface area contributed by atoms with Crippen LogP contribution in [0, 0.1) is 6.92 Å². The fraction of sp³-hybridized carbons (Fsp3) is 0.600. The normalized spacial score (nSPS) is 16.3. The van der Waals surface area contributed by atoms with Crippen LogP contribution in [0.15, 0.2) is 17.0 Å². The topological polar surface area (TPSA) is 77.1 Å². The number of rotatable bonds is 7. The number of benzene rings is 1. The number of nitrogens with zero attached hydrogens (tertiary/aromatic N) is 1. The molecule has 0 bridgehead atoms. The van der Waals surface area contributed by atoms with Crippen molar-refractivity contribution in [2.24, 2.45) is 0 Å². The summed E-state index contributed by atoms with van der Waals surface area (Å²) in [4.78, 5) is 2.29. The highest BCUT2D eigenvalue weighted by molar-refractivity contribution is 7.89. The van der Waals surface area contributed by atoms with Crippen molar-refractivity contribution in [2.75, 3.05) is 53.6 Å². The lowest BCUT2D eigenvalue weighted by atomic mass is 10.2. The van der Waals surface area contributed by atoms with Crippen molar-refractivity contribution < 1.29 is 22.6 Å². The Morgan fingerprint density at radius 3 is 2.52 bits per heavy atom. The molecule has 7 nitrogen and oxygen atoms in total. The number of sulfonamides is 1. The molecule has 1 heterocycles. The van der Waals surface area contributed by atoms with Gasteiger partial charge < -0.3 is 14.2 Å². The van der Waals surface area contributed by atoms with Crippen LogP contribution in [0.2, 0.25) is 0 Å². The standard InChI is InChI=1S/C15H24N2O5S/c1-12-13(20-2)4-5-14(15(12)21-3)23(18,19)16-6-7-17-8-10-22-11-9-17/h4-5,16H,6-11H2,1-3H3. The summed E-state index contributed by atoms with van der Waals surface area (Å²) in [7, 11) is -0.649. The van der Waals surface area contributed by atoms with Gasteiger partial charge in [-0.2, -0.15) is 0 Å². The predicted molar refractivity (Wildman–Crippen MR) is 86.7 cm³/mol. The lowest BCUT2D eigenvalue weighted by molar-refractivity contribution is 0.0390. The molecule has 0 atom stereocenters. The summed E-state index contributed by atoms with van der Waals surface area (Å²) in [5.74, 6) is 0.900. The molecule has 0 aromatic heterocycles. The first-order valence-corrected chi connectivity index (χ1v) is 8.99. The molecule has 0 unspecified atom stereocenters. The maximum absolute atomic E-state index is 12.5. The number of morpholine rings is 1. The van der Waals surface area contributed by atoms with E-state index in [0.717, 1.165) is 13.1 Å². The van der Waals surface area contributed by atoms with Crippen molar-refractivity contribution in [1.29, 1.82) is 0 Å². The molecule has 1 aromatic rings. The Hall–Kier alpha value is -1.35. The van der Waals surface area contributed by atoms with Gasteiger partial charge in [-0.25, -0.2) is 13.1 Å². The highest BCUT2D eigenvalue weighted by Gasteiger charge is 2.23. The Morgan fingerprint density at radius 1 is 1.22 bits per heavy atom. The van der Waals surface area contributed by atoms with E-state index in [1.54, 1.807) is 13.0 Å². The third kappa shape index (κ3) is 4.35. The molecular formula is C15H24N2O5S. The Labute approximate surface area is 137 Å². The van der Waals surface area contributed by atoms with Crippen molar-refractivity contribution in [2.45, 2.75) is 11.8 Å². The van der Waals surface area contributed by atoms with Crippen molar-refractivity contribution in [3.8, 4) is 11.5 Å². The molecule has 0 spiro atoms. The summed E-state index contributed by atoms with van der Waals surface area (Å²) in [6.07, 6.45) is 0. The van der Waals surface area contributed by atoms with Gasteiger partial charge in [0.15, 0.2) is 0 Å². The van der Waals surface area contributed by atoms with Crippen LogP contribution in [-0.4, -0.2) is 66.9 Å². The molecule has 0 radical (unpaired) electrons. The second-order valence-electron chi connectivity index (χ2n) is 5.28. The van der Waals surface area contributed by atoms with E-state index < -0.39 is 10.0 Å². The first-order valence-electron chi connectivity index (χ1n) is 7.51. The molecular weight excluding hydrogens is 320 g/mol. The summed E-state index contributed by atoms with van der Waals surface area (Å²) < 4.78 is 43.4.